The highest BCUT2D eigenvalue weighted by Crippen LogP contribution is 2.19. The van der Waals surface area contributed by atoms with Crippen LogP contribution in [0.2, 0.25) is 0 Å². The maximum Gasteiger partial charge on any atom is 0.411 e. The first-order chi connectivity index (χ1) is 9.06. The number of carbonyl (C=O) groups excluding carboxylic acids is 1. The monoisotopic (exact) mass is 263 g/mol. The van der Waals surface area contributed by atoms with Gasteiger partial charge in [-0.1, -0.05) is 13.0 Å². The van der Waals surface area contributed by atoms with E-state index in [2.05, 4.69) is 5.32 Å². The van der Waals surface area contributed by atoms with Gasteiger partial charge in [-0.25, -0.2) is 9.59 Å². The van der Waals surface area contributed by atoms with Crippen LogP contribution in [0.1, 0.15) is 25.0 Å². The number of aliphatic carboxylic acids is 1. The van der Waals surface area contributed by atoms with Gasteiger partial charge in [-0.2, -0.15) is 0 Å². The molecule has 1 amide bonds. The zero-order chi connectivity index (χ0) is 14.3. The summed E-state index contributed by atoms with van der Waals surface area (Å²) < 4.78 is 4.81. The van der Waals surface area contributed by atoms with E-state index in [4.69, 9.17) is 9.84 Å². The predicted octanol–water partition coefficient (Wildman–Crippen LogP) is 2.92. The van der Waals surface area contributed by atoms with Crippen LogP contribution in [0, 0.1) is 0 Å². The first-order valence-electron chi connectivity index (χ1n) is 6.04. The van der Waals surface area contributed by atoms with Crippen molar-refractivity contribution in [1.82, 2.24) is 0 Å². The molecular weight excluding hydrogens is 246 g/mol. The summed E-state index contributed by atoms with van der Waals surface area (Å²) >= 11 is 0. The second-order valence-electron chi connectivity index (χ2n) is 3.79. The highest BCUT2D eigenvalue weighted by Gasteiger charge is 2.06. The van der Waals surface area contributed by atoms with Gasteiger partial charge in [0.2, 0.25) is 0 Å². The number of hydrogen-bond acceptors (Lipinski definition) is 3. The fraction of sp³-hybridized carbons (Fsp3) is 0.286. The number of hydrogen-bond donors (Lipinski definition) is 2. The molecule has 102 valence electrons. The van der Waals surface area contributed by atoms with Crippen LogP contribution in [0.15, 0.2) is 24.3 Å². The average Bonchev–Trinajstić information content (AvgIpc) is 2.37. The van der Waals surface area contributed by atoms with Gasteiger partial charge in [0.05, 0.1) is 6.61 Å². The lowest BCUT2D eigenvalue weighted by Crippen LogP contribution is -2.14. The lowest BCUT2D eigenvalue weighted by Gasteiger charge is -2.10. The van der Waals surface area contributed by atoms with E-state index >= 15 is 0 Å². The molecule has 0 saturated carbocycles. The minimum absolute atomic E-state index is 0.312. The van der Waals surface area contributed by atoms with Crippen LogP contribution in [-0.4, -0.2) is 23.8 Å². The molecule has 0 atom stereocenters. The minimum Gasteiger partial charge on any atom is -0.478 e. The van der Waals surface area contributed by atoms with Crippen molar-refractivity contribution in [1.29, 1.82) is 0 Å². The molecule has 1 aromatic carbocycles. The maximum atomic E-state index is 11.4. The van der Waals surface area contributed by atoms with Crippen molar-refractivity contribution in [3.63, 3.8) is 0 Å². The molecule has 0 heterocycles. The molecule has 0 aliphatic rings. The van der Waals surface area contributed by atoms with E-state index in [9.17, 15) is 9.59 Å². The number of benzene rings is 1. The molecule has 5 nitrogen and oxygen atoms in total. The van der Waals surface area contributed by atoms with E-state index < -0.39 is 12.1 Å². The molecule has 0 aromatic heterocycles. The van der Waals surface area contributed by atoms with Crippen LogP contribution in [0.25, 0.3) is 6.08 Å². The Bertz CT molecular complexity index is 494. The Morgan fingerprint density at radius 1 is 1.37 bits per heavy atom. The molecule has 0 aliphatic carbocycles. The third-order valence-electron chi connectivity index (χ3n) is 2.44. The second-order valence-corrected chi connectivity index (χ2v) is 3.79. The first kappa shape index (κ1) is 14.8. The number of carboxylic acid groups (broad SMARTS) is 1. The predicted molar refractivity (Wildman–Crippen MR) is 73.1 cm³/mol. The number of carboxylic acids is 1. The number of rotatable bonds is 5. The third kappa shape index (κ3) is 4.83. The van der Waals surface area contributed by atoms with Gasteiger partial charge >= 0.3 is 12.1 Å². The van der Waals surface area contributed by atoms with E-state index in [1.807, 2.05) is 13.0 Å². The molecule has 0 aliphatic heterocycles. The lowest BCUT2D eigenvalue weighted by molar-refractivity contribution is -0.131. The number of anilines is 1. The smallest absolute Gasteiger partial charge is 0.411 e. The van der Waals surface area contributed by atoms with Gasteiger partial charge in [0.15, 0.2) is 0 Å². The summed E-state index contributed by atoms with van der Waals surface area (Å²) in [6.07, 6.45) is 2.81. The zero-order valence-corrected chi connectivity index (χ0v) is 11.0. The zero-order valence-electron chi connectivity index (χ0n) is 11.0. The summed E-state index contributed by atoms with van der Waals surface area (Å²) in [7, 11) is 0. The molecular formula is C14H17NO4. The minimum atomic E-state index is -0.994. The topological polar surface area (TPSA) is 75.6 Å². The van der Waals surface area contributed by atoms with Crippen molar-refractivity contribution < 1.29 is 19.4 Å². The van der Waals surface area contributed by atoms with Crippen molar-refractivity contribution >= 4 is 23.8 Å². The fourth-order valence-electron chi connectivity index (χ4n) is 1.58. The van der Waals surface area contributed by atoms with Gasteiger partial charge in [-0.05, 0) is 42.7 Å². The molecule has 0 fully saturated rings. The van der Waals surface area contributed by atoms with Gasteiger partial charge in [-0.15, -0.1) is 0 Å². The first-order valence-corrected chi connectivity index (χ1v) is 6.04. The van der Waals surface area contributed by atoms with Gasteiger partial charge in [-0.3, -0.25) is 5.32 Å². The summed E-state index contributed by atoms with van der Waals surface area (Å²) in [4.78, 5) is 21.8. The van der Waals surface area contributed by atoms with Gasteiger partial charge in [0.1, 0.15) is 0 Å². The van der Waals surface area contributed by atoms with Crippen molar-refractivity contribution in [3.05, 3.63) is 35.4 Å². The molecule has 0 saturated heterocycles. The van der Waals surface area contributed by atoms with Crippen molar-refractivity contribution in [2.24, 2.45) is 0 Å². The SMILES string of the molecule is CCOC(=O)Nc1ccc(/C=C/C(=O)O)cc1CC. The van der Waals surface area contributed by atoms with Crippen LogP contribution in [0.3, 0.4) is 0 Å². The Balaban J connectivity index is 2.90. The van der Waals surface area contributed by atoms with Crippen LogP contribution in [-0.2, 0) is 16.0 Å². The second kappa shape index (κ2) is 7.20. The largest absolute Gasteiger partial charge is 0.478 e. The Kier molecular flexibility index (Phi) is 5.60. The van der Waals surface area contributed by atoms with Gasteiger partial charge < -0.3 is 9.84 Å². The fourth-order valence-corrected chi connectivity index (χ4v) is 1.58. The Morgan fingerprint density at radius 3 is 2.68 bits per heavy atom. The molecule has 0 unspecified atom stereocenters. The van der Waals surface area contributed by atoms with Crippen molar-refractivity contribution in [2.75, 3.05) is 11.9 Å². The van der Waals surface area contributed by atoms with E-state index in [1.54, 1.807) is 19.1 Å². The van der Waals surface area contributed by atoms with Crippen LogP contribution in [0.5, 0.6) is 0 Å². The summed E-state index contributed by atoms with van der Waals surface area (Å²) in [5.41, 5.74) is 2.36. The van der Waals surface area contributed by atoms with Gasteiger partial charge in [0.25, 0.3) is 0 Å². The number of ether oxygens (including phenoxy) is 1. The third-order valence-corrected chi connectivity index (χ3v) is 2.44. The quantitative estimate of drug-likeness (QED) is 0.801. The Labute approximate surface area is 111 Å². The summed E-state index contributed by atoms with van der Waals surface area (Å²) in [6, 6.07) is 5.30. The van der Waals surface area contributed by atoms with Crippen LogP contribution >= 0.6 is 0 Å². The number of nitrogens with one attached hydrogen (secondary N) is 1. The molecule has 1 aromatic rings. The van der Waals surface area contributed by atoms with Crippen molar-refractivity contribution in [2.45, 2.75) is 20.3 Å². The summed E-state index contributed by atoms with van der Waals surface area (Å²) in [6.45, 7) is 4.00. The standard InChI is InChI=1S/C14H17NO4/c1-3-11-9-10(6-8-13(16)17)5-7-12(11)15-14(18)19-4-2/h5-9H,3-4H2,1-2H3,(H,15,18)(H,16,17)/b8-6+. The summed E-state index contributed by atoms with van der Waals surface area (Å²) in [5, 5.41) is 11.2. The average molecular weight is 263 g/mol. The lowest BCUT2D eigenvalue weighted by atomic mass is 10.1. The summed E-state index contributed by atoms with van der Waals surface area (Å²) in [5.74, 6) is -0.994. The number of aryl methyl sites for hydroxylation is 1. The van der Waals surface area contributed by atoms with Crippen LogP contribution < -0.4 is 5.32 Å². The molecule has 19 heavy (non-hydrogen) atoms. The van der Waals surface area contributed by atoms with Crippen LogP contribution in [0.4, 0.5) is 10.5 Å². The number of amides is 1. The molecule has 0 spiro atoms. The van der Waals surface area contributed by atoms with Crippen molar-refractivity contribution in [3.8, 4) is 0 Å². The molecule has 2 N–H and O–H groups in total. The van der Waals surface area contributed by atoms with E-state index in [1.165, 1.54) is 6.08 Å². The van der Waals surface area contributed by atoms with E-state index in [0.717, 1.165) is 23.6 Å². The Morgan fingerprint density at radius 2 is 2.11 bits per heavy atom. The highest BCUT2D eigenvalue weighted by atomic mass is 16.5. The molecule has 1 rings (SSSR count). The molecule has 5 heteroatoms. The number of carbonyl (C=O) groups is 2. The normalized spacial score (nSPS) is 10.4. The highest BCUT2D eigenvalue weighted by molar-refractivity contribution is 5.87. The van der Waals surface area contributed by atoms with E-state index in [-0.39, 0.29) is 0 Å². The molecule has 0 bridgehead atoms. The molecule has 0 radical (unpaired) electrons. The maximum absolute atomic E-state index is 11.4. The Hall–Kier alpha value is -2.30. The van der Waals surface area contributed by atoms with Gasteiger partial charge in [0, 0.05) is 11.8 Å². The van der Waals surface area contributed by atoms with E-state index in [0.29, 0.717) is 12.3 Å².